The van der Waals surface area contributed by atoms with Gasteiger partial charge in [0.15, 0.2) is 0 Å². The molecule has 0 aliphatic carbocycles. The van der Waals surface area contributed by atoms with Gasteiger partial charge in [-0.2, -0.15) is 0 Å². The zero-order valence-corrected chi connectivity index (χ0v) is 12.5. The third-order valence-electron chi connectivity index (χ3n) is 2.44. The molecule has 0 spiro atoms. The van der Waals surface area contributed by atoms with Crippen molar-refractivity contribution in [3.63, 3.8) is 0 Å². The molecule has 2 aromatic rings. The van der Waals surface area contributed by atoms with E-state index in [9.17, 15) is 4.79 Å². The van der Waals surface area contributed by atoms with Crippen LogP contribution in [-0.2, 0) is 13.0 Å². The van der Waals surface area contributed by atoms with Crippen LogP contribution in [0.4, 0.5) is 0 Å². The average molecular weight is 301 g/mol. The van der Waals surface area contributed by atoms with Gasteiger partial charge in [0.1, 0.15) is 4.88 Å². The number of amides is 1. The Morgan fingerprint density at radius 2 is 2.22 bits per heavy atom. The first-order valence-electron chi connectivity index (χ1n) is 5.54. The Kier molecular flexibility index (Phi) is 4.37. The second-order valence-electron chi connectivity index (χ2n) is 3.84. The minimum absolute atomic E-state index is 0.0109. The summed E-state index contributed by atoms with van der Waals surface area (Å²) in [6.07, 6.45) is 2.52. The molecule has 0 N–H and O–H groups in total. The number of rotatable bonds is 4. The van der Waals surface area contributed by atoms with E-state index in [1.165, 1.54) is 22.7 Å². The van der Waals surface area contributed by atoms with E-state index < -0.39 is 0 Å². The van der Waals surface area contributed by atoms with Crippen LogP contribution in [0.2, 0.25) is 4.34 Å². The van der Waals surface area contributed by atoms with Crippen LogP contribution in [0.1, 0.15) is 26.5 Å². The lowest BCUT2D eigenvalue weighted by Gasteiger charge is -2.14. The van der Waals surface area contributed by atoms with Crippen molar-refractivity contribution in [2.24, 2.45) is 0 Å². The molecule has 1 amide bonds. The Morgan fingerprint density at radius 1 is 1.44 bits per heavy atom. The Balaban J connectivity index is 2.04. The molecule has 2 heterocycles. The van der Waals surface area contributed by atoms with E-state index in [-0.39, 0.29) is 5.91 Å². The molecule has 0 atom stereocenters. The number of thiophene rings is 1. The maximum atomic E-state index is 12.2. The SMILES string of the molecule is CCc1ncc(C(=O)N(C)Cc2ccc(Cl)s2)s1. The van der Waals surface area contributed by atoms with Gasteiger partial charge < -0.3 is 4.90 Å². The lowest BCUT2D eigenvalue weighted by molar-refractivity contribution is 0.0791. The highest BCUT2D eigenvalue weighted by Gasteiger charge is 2.15. The molecule has 0 saturated carbocycles. The van der Waals surface area contributed by atoms with Crippen LogP contribution in [0.15, 0.2) is 18.3 Å². The van der Waals surface area contributed by atoms with Gasteiger partial charge in [-0.1, -0.05) is 18.5 Å². The fourth-order valence-electron chi connectivity index (χ4n) is 1.50. The van der Waals surface area contributed by atoms with Crippen LogP contribution in [-0.4, -0.2) is 22.8 Å². The van der Waals surface area contributed by atoms with Gasteiger partial charge in [0.2, 0.25) is 0 Å². The normalized spacial score (nSPS) is 10.6. The van der Waals surface area contributed by atoms with Crippen molar-refractivity contribution in [2.45, 2.75) is 19.9 Å². The Labute approximate surface area is 119 Å². The van der Waals surface area contributed by atoms with E-state index in [0.717, 1.165) is 20.6 Å². The van der Waals surface area contributed by atoms with E-state index in [1.807, 2.05) is 19.1 Å². The van der Waals surface area contributed by atoms with Gasteiger partial charge in [0.05, 0.1) is 22.1 Å². The predicted molar refractivity (Wildman–Crippen MR) is 76.6 cm³/mol. The van der Waals surface area contributed by atoms with E-state index in [0.29, 0.717) is 11.4 Å². The van der Waals surface area contributed by atoms with Crippen LogP contribution >= 0.6 is 34.3 Å². The number of nitrogens with zero attached hydrogens (tertiary/aromatic N) is 2. The predicted octanol–water partition coefficient (Wildman–Crippen LogP) is 3.69. The number of hydrogen-bond acceptors (Lipinski definition) is 4. The van der Waals surface area contributed by atoms with E-state index in [2.05, 4.69) is 4.98 Å². The van der Waals surface area contributed by atoms with E-state index in [1.54, 1.807) is 18.1 Å². The lowest BCUT2D eigenvalue weighted by Crippen LogP contribution is -2.24. The summed E-state index contributed by atoms with van der Waals surface area (Å²) in [6, 6.07) is 3.79. The summed E-state index contributed by atoms with van der Waals surface area (Å²) in [6.45, 7) is 2.61. The highest BCUT2D eigenvalue weighted by atomic mass is 35.5. The van der Waals surface area contributed by atoms with Crippen molar-refractivity contribution in [1.82, 2.24) is 9.88 Å². The number of thiazole rings is 1. The molecule has 0 aliphatic heterocycles. The summed E-state index contributed by atoms with van der Waals surface area (Å²) < 4.78 is 0.747. The quantitative estimate of drug-likeness (QED) is 0.863. The summed E-state index contributed by atoms with van der Waals surface area (Å²) in [5.41, 5.74) is 0. The highest BCUT2D eigenvalue weighted by Crippen LogP contribution is 2.23. The molecule has 0 saturated heterocycles. The van der Waals surface area contributed by atoms with Crippen molar-refractivity contribution < 1.29 is 4.79 Å². The van der Waals surface area contributed by atoms with Crippen LogP contribution in [0.3, 0.4) is 0 Å². The smallest absolute Gasteiger partial charge is 0.265 e. The number of aryl methyl sites for hydroxylation is 1. The molecule has 2 rings (SSSR count). The monoisotopic (exact) mass is 300 g/mol. The zero-order chi connectivity index (χ0) is 13.1. The molecule has 2 aromatic heterocycles. The maximum Gasteiger partial charge on any atom is 0.265 e. The first kappa shape index (κ1) is 13.5. The molecule has 18 heavy (non-hydrogen) atoms. The lowest BCUT2D eigenvalue weighted by atomic mass is 10.4. The molecule has 0 radical (unpaired) electrons. The highest BCUT2D eigenvalue weighted by molar-refractivity contribution is 7.16. The third kappa shape index (κ3) is 3.10. The van der Waals surface area contributed by atoms with Crippen LogP contribution in [0.5, 0.6) is 0 Å². The summed E-state index contributed by atoms with van der Waals surface area (Å²) in [5.74, 6) is 0.0109. The van der Waals surface area contributed by atoms with Crippen molar-refractivity contribution >= 4 is 40.2 Å². The molecule has 0 bridgehead atoms. The minimum atomic E-state index is 0.0109. The second kappa shape index (κ2) is 5.82. The Morgan fingerprint density at radius 3 is 2.78 bits per heavy atom. The van der Waals surface area contributed by atoms with Gasteiger partial charge in [0.25, 0.3) is 5.91 Å². The van der Waals surface area contributed by atoms with Gasteiger partial charge in [-0.25, -0.2) is 4.98 Å². The summed E-state index contributed by atoms with van der Waals surface area (Å²) in [5, 5.41) is 0.992. The fraction of sp³-hybridized carbons (Fsp3) is 0.333. The van der Waals surface area contributed by atoms with Crippen LogP contribution < -0.4 is 0 Å². The number of aromatic nitrogens is 1. The molecule has 6 heteroatoms. The molecular formula is C12H13ClN2OS2. The van der Waals surface area contributed by atoms with Crippen molar-refractivity contribution in [3.8, 4) is 0 Å². The first-order valence-corrected chi connectivity index (χ1v) is 7.55. The van der Waals surface area contributed by atoms with E-state index >= 15 is 0 Å². The van der Waals surface area contributed by atoms with E-state index in [4.69, 9.17) is 11.6 Å². The number of carbonyl (C=O) groups is 1. The third-order valence-corrected chi connectivity index (χ3v) is 4.78. The molecule has 0 aliphatic rings. The molecule has 0 fully saturated rings. The molecule has 3 nitrogen and oxygen atoms in total. The average Bonchev–Trinajstić information content (AvgIpc) is 2.97. The summed E-state index contributed by atoms with van der Waals surface area (Å²) in [4.78, 5) is 19.8. The van der Waals surface area contributed by atoms with Crippen LogP contribution in [0.25, 0.3) is 0 Å². The molecule has 96 valence electrons. The minimum Gasteiger partial charge on any atom is -0.336 e. The number of carbonyl (C=O) groups excluding carboxylic acids is 1. The van der Waals surface area contributed by atoms with Gasteiger partial charge >= 0.3 is 0 Å². The Bertz CT molecular complexity index is 550. The number of hydrogen-bond donors (Lipinski definition) is 0. The summed E-state index contributed by atoms with van der Waals surface area (Å²) in [7, 11) is 1.79. The van der Waals surface area contributed by atoms with Gasteiger partial charge in [-0.3, -0.25) is 4.79 Å². The van der Waals surface area contributed by atoms with Gasteiger partial charge in [-0.15, -0.1) is 22.7 Å². The summed E-state index contributed by atoms with van der Waals surface area (Å²) >= 11 is 8.83. The maximum absolute atomic E-state index is 12.2. The standard InChI is InChI=1S/C12H13ClN2OS2/c1-3-11-14-6-9(18-11)12(16)15(2)7-8-4-5-10(13)17-8/h4-6H,3,7H2,1-2H3. The number of halogens is 1. The van der Waals surface area contributed by atoms with Crippen molar-refractivity contribution in [1.29, 1.82) is 0 Å². The van der Waals surface area contributed by atoms with Crippen molar-refractivity contribution in [2.75, 3.05) is 7.05 Å². The molecular weight excluding hydrogens is 288 g/mol. The topological polar surface area (TPSA) is 33.2 Å². The van der Waals surface area contributed by atoms with Gasteiger partial charge in [0, 0.05) is 11.9 Å². The largest absolute Gasteiger partial charge is 0.336 e. The fourth-order valence-corrected chi connectivity index (χ4v) is 3.50. The Hall–Kier alpha value is -0.910. The second-order valence-corrected chi connectivity index (χ2v) is 6.75. The molecule has 0 unspecified atom stereocenters. The molecule has 0 aromatic carbocycles. The first-order chi connectivity index (χ1) is 8.60. The van der Waals surface area contributed by atoms with Gasteiger partial charge in [-0.05, 0) is 18.6 Å². The van der Waals surface area contributed by atoms with Crippen molar-refractivity contribution in [3.05, 3.63) is 37.4 Å². The zero-order valence-electron chi connectivity index (χ0n) is 10.1. The van der Waals surface area contributed by atoms with Crippen LogP contribution in [0, 0.1) is 0 Å².